The second-order valence-electron chi connectivity index (χ2n) is 3.32. The molecule has 0 aromatic carbocycles. The summed E-state index contributed by atoms with van der Waals surface area (Å²) in [5.74, 6) is 0. The van der Waals surface area contributed by atoms with E-state index in [1.807, 2.05) is 23.3 Å². The lowest BCUT2D eigenvalue weighted by atomic mass is 10.3. The number of thiophene rings is 1. The van der Waals surface area contributed by atoms with Crippen molar-refractivity contribution in [3.8, 4) is 0 Å². The molecule has 0 bridgehead atoms. The molecule has 4 heteroatoms. The average Bonchev–Trinajstić information content (AvgIpc) is 2.56. The van der Waals surface area contributed by atoms with Gasteiger partial charge in [0.25, 0.3) is 0 Å². The van der Waals surface area contributed by atoms with Crippen molar-refractivity contribution in [1.82, 2.24) is 4.90 Å². The van der Waals surface area contributed by atoms with Crippen molar-refractivity contribution in [3.05, 3.63) is 46.3 Å². The van der Waals surface area contributed by atoms with Gasteiger partial charge in [0.1, 0.15) is 6.23 Å². The quantitative estimate of drug-likeness (QED) is 0.904. The Morgan fingerprint density at radius 2 is 2.20 bits per heavy atom. The lowest BCUT2D eigenvalue weighted by molar-refractivity contribution is 0.0730. The Balaban J connectivity index is 0.00000112. The first-order valence-corrected chi connectivity index (χ1v) is 5.41. The minimum Gasteiger partial charge on any atom is -0.370 e. The van der Waals surface area contributed by atoms with E-state index in [0.717, 1.165) is 6.54 Å². The molecule has 0 amide bonds. The predicted molar refractivity (Wildman–Crippen MR) is 69.2 cm³/mol. The largest absolute Gasteiger partial charge is 0.370 e. The number of hydrogen-bond acceptors (Lipinski definition) is 3. The zero-order valence-electron chi connectivity index (χ0n) is 8.46. The fourth-order valence-electron chi connectivity index (χ4n) is 1.42. The van der Waals surface area contributed by atoms with Crippen LogP contribution in [-0.2, 0) is 6.54 Å². The fraction of sp³-hybridized carbons (Fsp3) is 0.273. The van der Waals surface area contributed by atoms with Crippen LogP contribution in [0.1, 0.15) is 9.75 Å². The minimum absolute atomic E-state index is 0. The molecule has 1 aliphatic heterocycles. The third-order valence-electron chi connectivity index (χ3n) is 2.15. The maximum absolute atomic E-state index is 9.63. The molecule has 0 saturated carbocycles. The summed E-state index contributed by atoms with van der Waals surface area (Å²) >= 11 is 1.77. The van der Waals surface area contributed by atoms with Crippen LogP contribution < -0.4 is 0 Å². The number of aliphatic hydroxyl groups excluding tert-OH is 1. The molecule has 0 spiro atoms. The van der Waals surface area contributed by atoms with Crippen LogP contribution in [-0.4, -0.2) is 16.2 Å². The molecule has 1 aromatic heterocycles. The van der Waals surface area contributed by atoms with Crippen molar-refractivity contribution in [2.45, 2.75) is 19.7 Å². The van der Waals surface area contributed by atoms with Gasteiger partial charge in [0.05, 0.1) is 6.54 Å². The van der Waals surface area contributed by atoms with Crippen molar-refractivity contribution in [2.75, 3.05) is 0 Å². The normalized spacial score (nSPS) is 19.1. The molecule has 2 rings (SSSR count). The molecule has 2 heterocycles. The van der Waals surface area contributed by atoms with Crippen molar-refractivity contribution >= 4 is 28.3 Å². The van der Waals surface area contributed by atoms with E-state index in [0.29, 0.717) is 0 Å². The molecule has 0 radical (unpaired) electrons. The van der Waals surface area contributed by atoms with Gasteiger partial charge in [-0.3, -0.25) is 0 Å². The predicted octanol–water partition coefficient (Wildman–Crippen LogP) is 2.84. The number of rotatable bonds is 2. The Morgan fingerprint density at radius 1 is 1.40 bits per heavy atom. The maximum Gasteiger partial charge on any atom is 0.146 e. The van der Waals surface area contributed by atoms with Gasteiger partial charge in [-0.2, -0.15) is 0 Å². The Bertz CT molecular complexity index is 372. The van der Waals surface area contributed by atoms with Crippen molar-refractivity contribution in [3.63, 3.8) is 0 Å². The lowest BCUT2D eigenvalue weighted by Gasteiger charge is -2.25. The van der Waals surface area contributed by atoms with E-state index in [9.17, 15) is 5.11 Å². The number of aliphatic hydroxyl groups is 1. The zero-order chi connectivity index (χ0) is 9.97. The van der Waals surface area contributed by atoms with Gasteiger partial charge in [0, 0.05) is 16.0 Å². The van der Waals surface area contributed by atoms with Crippen LogP contribution >= 0.6 is 28.3 Å². The van der Waals surface area contributed by atoms with Crippen LogP contribution in [0.3, 0.4) is 0 Å². The second kappa shape index (κ2) is 5.49. The molecule has 1 unspecified atom stereocenters. The van der Waals surface area contributed by atoms with Gasteiger partial charge >= 0.3 is 0 Å². The number of nitrogens with zero attached hydrogens (tertiary/aromatic N) is 1. The molecule has 1 aromatic rings. The smallest absolute Gasteiger partial charge is 0.146 e. The van der Waals surface area contributed by atoms with Crippen molar-refractivity contribution in [2.24, 2.45) is 0 Å². The van der Waals surface area contributed by atoms with Gasteiger partial charge in [-0.05, 0) is 31.2 Å². The first-order valence-electron chi connectivity index (χ1n) is 4.60. The van der Waals surface area contributed by atoms with E-state index in [-0.39, 0.29) is 17.0 Å². The van der Waals surface area contributed by atoms with Crippen LogP contribution in [0.25, 0.3) is 0 Å². The van der Waals surface area contributed by atoms with Gasteiger partial charge in [0.15, 0.2) is 0 Å². The molecule has 1 N–H and O–H groups in total. The summed E-state index contributed by atoms with van der Waals surface area (Å²) < 4.78 is 0. The van der Waals surface area contributed by atoms with Gasteiger partial charge < -0.3 is 10.0 Å². The van der Waals surface area contributed by atoms with Crippen LogP contribution in [0, 0.1) is 6.92 Å². The summed E-state index contributed by atoms with van der Waals surface area (Å²) in [4.78, 5) is 4.50. The Labute approximate surface area is 104 Å². The molecule has 0 aliphatic carbocycles. The topological polar surface area (TPSA) is 23.5 Å². The number of halogens is 1. The summed E-state index contributed by atoms with van der Waals surface area (Å²) in [6, 6.07) is 4.22. The van der Waals surface area contributed by atoms with E-state index >= 15 is 0 Å². The molecule has 82 valence electrons. The first-order chi connectivity index (χ1) is 6.75. The SMILES string of the molecule is Br.Cc1ccc(CN2C=CC=CC2O)s1. The average molecular weight is 288 g/mol. The van der Waals surface area contributed by atoms with Crippen molar-refractivity contribution in [1.29, 1.82) is 0 Å². The monoisotopic (exact) mass is 287 g/mol. The third-order valence-corrected chi connectivity index (χ3v) is 3.13. The standard InChI is InChI=1S/C11H13NOS.BrH/c1-9-5-6-10(14-9)8-12-7-3-2-4-11(12)13;/h2-7,11,13H,8H2,1H3;1H. The summed E-state index contributed by atoms with van der Waals surface area (Å²) in [6.45, 7) is 2.87. The van der Waals surface area contributed by atoms with E-state index < -0.39 is 6.23 Å². The first kappa shape index (κ1) is 12.5. The van der Waals surface area contributed by atoms with Crippen LogP contribution in [0.2, 0.25) is 0 Å². The van der Waals surface area contributed by atoms with Gasteiger partial charge in [0.2, 0.25) is 0 Å². The molecule has 0 fully saturated rings. The molecule has 1 aliphatic rings. The van der Waals surface area contributed by atoms with E-state index in [1.54, 1.807) is 17.4 Å². The van der Waals surface area contributed by atoms with E-state index in [1.165, 1.54) is 9.75 Å². The molecule has 2 nitrogen and oxygen atoms in total. The van der Waals surface area contributed by atoms with E-state index in [4.69, 9.17) is 0 Å². The van der Waals surface area contributed by atoms with Crippen LogP contribution in [0.5, 0.6) is 0 Å². The van der Waals surface area contributed by atoms with Crippen molar-refractivity contribution < 1.29 is 5.11 Å². The van der Waals surface area contributed by atoms with Gasteiger partial charge in [-0.25, -0.2) is 0 Å². The highest BCUT2D eigenvalue weighted by molar-refractivity contribution is 8.93. The summed E-state index contributed by atoms with van der Waals surface area (Å²) in [6.07, 6.45) is 7.01. The summed E-state index contributed by atoms with van der Waals surface area (Å²) in [7, 11) is 0. The molecular weight excluding hydrogens is 274 g/mol. The highest BCUT2D eigenvalue weighted by atomic mass is 79.9. The second-order valence-corrected chi connectivity index (χ2v) is 4.70. The number of allylic oxidation sites excluding steroid dienone is 2. The maximum atomic E-state index is 9.63. The Hall–Kier alpha value is -0.580. The summed E-state index contributed by atoms with van der Waals surface area (Å²) in [5, 5.41) is 9.63. The van der Waals surface area contributed by atoms with Gasteiger partial charge in [-0.15, -0.1) is 28.3 Å². The Kier molecular flexibility index (Phi) is 4.57. The number of aryl methyl sites for hydroxylation is 1. The zero-order valence-corrected chi connectivity index (χ0v) is 11.0. The fourth-order valence-corrected chi connectivity index (χ4v) is 2.32. The highest BCUT2D eigenvalue weighted by Crippen LogP contribution is 2.19. The number of hydrogen-bond donors (Lipinski definition) is 1. The lowest BCUT2D eigenvalue weighted by Crippen LogP contribution is -2.29. The molecule has 1 atom stereocenters. The summed E-state index contributed by atoms with van der Waals surface area (Å²) in [5.41, 5.74) is 0. The Morgan fingerprint density at radius 3 is 2.80 bits per heavy atom. The molecule has 15 heavy (non-hydrogen) atoms. The third kappa shape index (κ3) is 3.19. The highest BCUT2D eigenvalue weighted by Gasteiger charge is 2.11. The molecule has 0 saturated heterocycles. The molecular formula is C11H14BrNOS. The van der Waals surface area contributed by atoms with Crippen LogP contribution in [0.15, 0.2) is 36.6 Å². The minimum atomic E-state index is -0.484. The van der Waals surface area contributed by atoms with Crippen LogP contribution in [0.4, 0.5) is 0 Å². The van der Waals surface area contributed by atoms with Gasteiger partial charge in [-0.1, -0.05) is 6.08 Å². The van der Waals surface area contributed by atoms with E-state index in [2.05, 4.69) is 19.1 Å².